The normalized spacial score (nSPS) is 26.9. The molecule has 1 fully saturated rings. The van der Waals surface area contributed by atoms with Crippen molar-refractivity contribution in [2.45, 2.75) is 38.5 Å². The Balaban J connectivity index is 1.56. The molecule has 0 saturated carbocycles. The Kier molecular flexibility index (Phi) is 7.04. The molecular formula is C19H30BN5O5. The van der Waals surface area contributed by atoms with Crippen LogP contribution in [0.5, 0.6) is 0 Å². The number of hydrogen-bond donors (Lipinski definition) is 5. The number of nitrogens with zero attached hydrogens (tertiary/aromatic N) is 2. The molecule has 0 aromatic heterocycles. The monoisotopic (exact) mass is 419 g/mol. The number of carbonyl (C=O) groups excluding carboxylic acids is 1. The lowest BCUT2D eigenvalue weighted by Crippen LogP contribution is -2.53. The average Bonchev–Trinajstić information content (AvgIpc) is 2.67. The number of piperidine rings is 1. The van der Waals surface area contributed by atoms with Crippen molar-refractivity contribution in [2.24, 2.45) is 28.3 Å². The molecule has 2 aliphatic heterocycles. The molecule has 0 radical (unpaired) electrons. The van der Waals surface area contributed by atoms with Gasteiger partial charge in [-0.25, -0.2) is 4.79 Å². The third-order valence-corrected chi connectivity index (χ3v) is 5.71. The summed E-state index contributed by atoms with van der Waals surface area (Å²) in [6.07, 6.45) is 4.63. The average molecular weight is 419 g/mol. The largest absolute Gasteiger partial charge is 0.547 e. The number of amides is 1. The van der Waals surface area contributed by atoms with Crippen molar-refractivity contribution in [3.8, 4) is 0 Å². The first-order valence-electron chi connectivity index (χ1n) is 10.3. The van der Waals surface area contributed by atoms with Crippen LogP contribution in [0.3, 0.4) is 0 Å². The van der Waals surface area contributed by atoms with Crippen LogP contribution in [-0.2, 0) is 14.2 Å². The fraction of sp³-hybridized carbons (Fsp3) is 0.632. The first-order valence-corrected chi connectivity index (χ1v) is 10.3. The fourth-order valence-corrected chi connectivity index (χ4v) is 4.41. The molecule has 11 heteroatoms. The zero-order chi connectivity index (χ0) is 21.8. The number of aliphatic imine (C=N–C) groups is 1. The van der Waals surface area contributed by atoms with E-state index in [1.165, 1.54) is 0 Å². The van der Waals surface area contributed by atoms with Gasteiger partial charge in [-0.2, -0.15) is 0 Å². The molecule has 10 nitrogen and oxygen atoms in total. The predicted molar refractivity (Wildman–Crippen MR) is 112 cm³/mol. The van der Waals surface area contributed by atoms with Crippen LogP contribution in [0, 0.1) is 11.8 Å². The molecule has 164 valence electrons. The smallest absolute Gasteiger partial charge is 0.534 e. The molecule has 7 N–H and O–H groups in total. The van der Waals surface area contributed by atoms with Crippen LogP contribution in [0.25, 0.3) is 0 Å². The first kappa shape index (κ1) is 22.2. The van der Waals surface area contributed by atoms with Crippen molar-refractivity contribution in [3.05, 3.63) is 23.0 Å². The lowest BCUT2D eigenvalue weighted by Gasteiger charge is -2.35. The minimum absolute atomic E-state index is 0.0561. The zero-order valence-electron chi connectivity index (χ0n) is 17.2. The van der Waals surface area contributed by atoms with Crippen molar-refractivity contribution in [3.63, 3.8) is 0 Å². The minimum Gasteiger partial charge on any atom is -0.534 e. The quantitative estimate of drug-likeness (QED) is 0.212. The number of carbonyl (C=O) groups is 2. The van der Waals surface area contributed by atoms with E-state index in [0.717, 1.165) is 31.5 Å². The van der Waals surface area contributed by atoms with Gasteiger partial charge in [0.25, 0.3) is 0 Å². The molecule has 0 bridgehead atoms. The van der Waals surface area contributed by atoms with E-state index < -0.39 is 19.0 Å². The highest BCUT2D eigenvalue weighted by molar-refractivity contribution is 6.46. The van der Waals surface area contributed by atoms with Gasteiger partial charge in [-0.05, 0) is 49.6 Å². The molecule has 3 atom stereocenters. The molecule has 2 unspecified atom stereocenters. The van der Waals surface area contributed by atoms with E-state index in [-0.39, 0.29) is 35.7 Å². The van der Waals surface area contributed by atoms with E-state index in [2.05, 4.69) is 15.2 Å². The summed E-state index contributed by atoms with van der Waals surface area (Å²) >= 11 is 0. The second kappa shape index (κ2) is 9.52. The number of aliphatic carboxylic acids is 1. The third-order valence-electron chi connectivity index (χ3n) is 5.71. The van der Waals surface area contributed by atoms with E-state index in [9.17, 15) is 19.7 Å². The van der Waals surface area contributed by atoms with Crippen LogP contribution in [-0.4, -0.2) is 72.1 Å². The number of allylic oxidation sites excluding steroid dienone is 1. The molecule has 2 heterocycles. The molecule has 0 spiro atoms. The van der Waals surface area contributed by atoms with Crippen molar-refractivity contribution >= 4 is 25.0 Å². The Morgan fingerprint density at radius 1 is 1.40 bits per heavy atom. The van der Waals surface area contributed by atoms with Gasteiger partial charge in [0.1, 0.15) is 5.76 Å². The van der Waals surface area contributed by atoms with Gasteiger partial charge in [0.05, 0.1) is 18.1 Å². The van der Waals surface area contributed by atoms with E-state index in [4.69, 9.17) is 16.1 Å². The molecule has 3 rings (SSSR count). The topological polar surface area (TPSA) is 163 Å². The highest BCUT2D eigenvalue weighted by Crippen LogP contribution is 2.36. The summed E-state index contributed by atoms with van der Waals surface area (Å²) in [6.45, 7) is 4.23. The molecule has 1 aliphatic carbocycles. The Hall–Kier alpha value is -2.53. The van der Waals surface area contributed by atoms with Crippen LogP contribution in [0.1, 0.15) is 32.6 Å². The van der Waals surface area contributed by atoms with Crippen LogP contribution in [0.4, 0.5) is 0 Å². The van der Waals surface area contributed by atoms with Gasteiger partial charge in [0, 0.05) is 13.1 Å². The lowest BCUT2D eigenvalue weighted by molar-refractivity contribution is -0.132. The first-order chi connectivity index (χ1) is 14.2. The van der Waals surface area contributed by atoms with E-state index in [0.29, 0.717) is 25.3 Å². The van der Waals surface area contributed by atoms with Crippen LogP contribution in [0.15, 0.2) is 28.0 Å². The molecule has 1 saturated heterocycles. The Morgan fingerprint density at radius 3 is 2.87 bits per heavy atom. The summed E-state index contributed by atoms with van der Waals surface area (Å²) in [7, 11) is -1.29. The molecular weight excluding hydrogens is 389 g/mol. The van der Waals surface area contributed by atoms with Crippen molar-refractivity contribution < 1.29 is 24.4 Å². The summed E-state index contributed by atoms with van der Waals surface area (Å²) in [5.74, 6) is -1.23. The number of likely N-dealkylation sites (tertiary alicyclic amines) is 1. The summed E-state index contributed by atoms with van der Waals surface area (Å²) < 4.78 is 5.51. The Bertz CT molecular complexity index is 779. The van der Waals surface area contributed by atoms with Crippen molar-refractivity contribution in [1.82, 2.24) is 10.2 Å². The molecule has 0 aromatic rings. The number of rotatable bonds is 6. The zero-order valence-corrected chi connectivity index (χ0v) is 17.2. The molecule has 1 amide bonds. The van der Waals surface area contributed by atoms with Gasteiger partial charge in [0.15, 0.2) is 5.96 Å². The van der Waals surface area contributed by atoms with E-state index in [1.807, 2.05) is 6.92 Å². The maximum atomic E-state index is 12.6. The van der Waals surface area contributed by atoms with Crippen molar-refractivity contribution in [1.29, 1.82) is 0 Å². The highest BCUT2D eigenvalue weighted by atomic mass is 16.5. The highest BCUT2D eigenvalue weighted by Gasteiger charge is 2.41. The number of carboxylic acid groups (broad SMARTS) is 1. The standard InChI is InChI=1S/C19H30BN5O5/c1-11-5-13-7-15(20(29)30-17(13)14(6-11)18(27)28)24-16(26)10-25-4-2-3-12(9-25)8-23-19(21)22/h6,11-12,15,29H,2-5,7-10H2,1H3,(H,24,26)(H,27,28)(H4,21,22,23)/t11?,12?,15-/m0/s1. The number of hydrogen-bond acceptors (Lipinski definition) is 6. The predicted octanol–water partition coefficient (Wildman–Crippen LogP) is -0.798. The SMILES string of the molecule is CC1C=C(C(=O)O)C2=C(C1)C[C@H](NC(=O)CN1CCCC(CN=C(N)N)C1)B(O)O2. The number of carboxylic acids is 1. The maximum Gasteiger partial charge on any atom is 0.547 e. The fourth-order valence-electron chi connectivity index (χ4n) is 4.41. The lowest BCUT2D eigenvalue weighted by atomic mass is 9.69. The van der Waals surface area contributed by atoms with Gasteiger partial charge >= 0.3 is 13.1 Å². The number of nitrogens with two attached hydrogens (primary N) is 2. The molecule has 30 heavy (non-hydrogen) atoms. The number of guanidine groups is 1. The van der Waals surface area contributed by atoms with Crippen molar-refractivity contribution in [2.75, 3.05) is 26.2 Å². The van der Waals surface area contributed by atoms with Gasteiger partial charge in [-0.3, -0.25) is 14.7 Å². The third kappa shape index (κ3) is 5.54. The van der Waals surface area contributed by atoms with Crippen LogP contribution in [0.2, 0.25) is 0 Å². The van der Waals surface area contributed by atoms with E-state index in [1.54, 1.807) is 6.08 Å². The number of nitrogens with one attached hydrogen (secondary N) is 1. The summed E-state index contributed by atoms with van der Waals surface area (Å²) in [5, 5.41) is 22.6. The Morgan fingerprint density at radius 2 is 2.17 bits per heavy atom. The molecule has 3 aliphatic rings. The van der Waals surface area contributed by atoms with Gasteiger partial charge < -0.3 is 31.6 Å². The Labute approximate surface area is 176 Å². The van der Waals surface area contributed by atoms with Crippen LogP contribution >= 0.6 is 0 Å². The maximum absolute atomic E-state index is 12.6. The van der Waals surface area contributed by atoms with Gasteiger partial charge in [0.2, 0.25) is 5.91 Å². The summed E-state index contributed by atoms with van der Waals surface area (Å²) in [5.41, 5.74) is 11.7. The van der Waals surface area contributed by atoms with Gasteiger partial charge in [-0.1, -0.05) is 13.0 Å². The second-order valence-electron chi connectivity index (χ2n) is 8.40. The second-order valence-corrected chi connectivity index (χ2v) is 8.40. The minimum atomic E-state index is -1.29. The summed E-state index contributed by atoms with van der Waals surface area (Å²) in [4.78, 5) is 30.2. The van der Waals surface area contributed by atoms with E-state index >= 15 is 0 Å². The van der Waals surface area contributed by atoms with Gasteiger partial charge in [-0.15, -0.1) is 0 Å². The molecule has 0 aromatic carbocycles. The van der Waals surface area contributed by atoms with Crippen LogP contribution < -0.4 is 16.8 Å². The summed E-state index contributed by atoms with van der Waals surface area (Å²) in [6, 6.07) is 0.